The molecule has 5 rings (SSSR count). The van der Waals surface area contributed by atoms with E-state index in [2.05, 4.69) is 38.7 Å². The molecule has 2 aliphatic rings. The van der Waals surface area contributed by atoms with E-state index in [0.717, 1.165) is 24.4 Å². The maximum Gasteiger partial charge on any atom is 0.109 e. The third kappa shape index (κ3) is 1.67. The van der Waals surface area contributed by atoms with E-state index in [0.29, 0.717) is 12.0 Å². The summed E-state index contributed by atoms with van der Waals surface area (Å²) in [7, 11) is 0. The summed E-state index contributed by atoms with van der Waals surface area (Å²) >= 11 is 0. The Hall–Kier alpha value is -2.20. The summed E-state index contributed by atoms with van der Waals surface area (Å²) in [5, 5.41) is 13.5. The van der Waals surface area contributed by atoms with Gasteiger partial charge in [0, 0.05) is 29.1 Å². The van der Waals surface area contributed by atoms with Gasteiger partial charge in [-0.25, -0.2) is 0 Å². The third-order valence-electron chi connectivity index (χ3n) is 5.20. The molecule has 2 N–H and O–H groups in total. The van der Waals surface area contributed by atoms with Crippen molar-refractivity contribution in [1.82, 2.24) is 20.5 Å². The first-order valence-electron chi connectivity index (χ1n) is 8.07. The Kier molecular flexibility index (Phi) is 2.61. The second kappa shape index (κ2) is 4.65. The molecule has 4 nitrogen and oxygen atoms in total. The molecular formula is C18H18N4. The highest BCUT2D eigenvalue weighted by Gasteiger charge is 2.34. The molecule has 0 bridgehead atoms. The fourth-order valence-corrected chi connectivity index (χ4v) is 4.27. The van der Waals surface area contributed by atoms with Crippen molar-refractivity contribution in [1.29, 1.82) is 0 Å². The first-order chi connectivity index (χ1) is 10.9. The highest BCUT2D eigenvalue weighted by molar-refractivity contribution is 5.94. The average Bonchev–Trinajstić information content (AvgIpc) is 2.96. The number of nitrogens with zero attached hydrogens (tertiary/aromatic N) is 2. The van der Waals surface area contributed by atoms with Gasteiger partial charge in [0.25, 0.3) is 0 Å². The Morgan fingerprint density at radius 3 is 3.05 bits per heavy atom. The van der Waals surface area contributed by atoms with Crippen molar-refractivity contribution in [3.63, 3.8) is 0 Å². The van der Waals surface area contributed by atoms with E-state index in [-0.39, 0.29) is 0 Å². The fraction of sp³-hybridized carbons (Fsp3) is 0.333. The van der Waals surface area contributed by atoms with Crippen LogP contribution in [-0.2, 0) is 6.42 Å². The van der Waals surface area contributed by atoms with Gasteiger partial charge in [0.2, 0.25) is 0 Å². The number of H-pyrrole nitrogens is 1. The highest BCUT2D eigenvalue weighted by Crippen LogP contribution is 2.43. The lowest BCUT2D eigenvalue weighted by molar-refractivity contribution is 0.345. The number of hydrogen-bond acceptors (Lipinski definition) is 3. The van der Waals surface area contributed by atoms with E-state index in [1.54, 1.807) is 6.20 Å². The molecule has 1 fully saturated rings. The van der Waals surface area contributed by atoms with Gasteiger partial charge in [-0.3, -0.25) is 0 Å². The second-order valence-electron chi connectivity index (χ2n) is 6.37. The van der Waals surface area contributed by atoms with Crippen LogP contribution in [0.3, 0.4) is 0 Å². The Labute approximate surface area is 129 Å². The van der Waals surface area contributed by atoms with Crippen LogP contribution in [0.25, 0.3) is 22.3 Å². The van der Waals surface area contributed by atoms with Crippen LogP contribution >= 0.6 is 0 Å². The third-order valence-corrected chi connectivity index (χ3v) is 5.20. The molecule has 22 heavy (non-hydrogen) atoms. The van der Waals surface area contributed by atoms with E-state index >= 15 is 0 Å². The Bertz CT molecular complexity index is 837. The molecule has 3 aromatic rings. The van der Waals surface area contributed by atoms with Crippen molar-refractivity contribution in [2.24, 2.45) is 0 Å². The van der Waals surface area contributed by atoms with E-state index in [1.165, 1.54) is 34.9 Å². The molecule has 1 aliphatic heterocycles. The zero-order valence-electron chi connectivity index (χ0n) is 12.3. The van der Waals surface area contributed by atoms with Gasteiger partial charge in [-0.15, -0.1) is 5.10 Å². The number of rotatable bonds is 1. The van der Waals surface area contributed by atoms with Crippen LogP contribution in [0, 0.1) is 0 Å². The van der Waals surface area contributed by atoms with Crippen LogP contribution in [0.15, 0.2) is 36.5 Å². The molecule has 110 valence electrons. The van der Waals surface area contributed by atoms with Crippen molar-refractivity contribution < 1.29 is 0 Å². The lowest BCUT2D eigenvalue weighted by atomic mass is 9.75. The number of benzene rings is 1. The lowest BCUT2D eigenvalue weighted by Gasteiger charge is -2.37. The van der Waals surface area contributed by atoms with Crippen LogP contribution in [0.2, 0.25) is 0 Å². The van der Waals surface area contributed by atoms with Crippen LogP contribution in [0.5, 0.6) is 0 Å². The van der Waals surface area contributed by atoms with E-state index in [4.69, 9.17) is 0 Å². The van der Waals surface area contributed by atoms with Crippen molar-refractivity contribution >= 4 is 10.9 Å². The zero-order valence-corrected chi connectivity index (χ0v) is 12.3. The standard InChI is InChI=1S/C18H18N4/c1-4-12-11-5-2-8-19-16(11)10-13-17(12)14(6-1)21-18(13)15-7-3-9-20-22-15/h1,3-4,6-7,9,11,16,19,21H,2,5,8,10H2/t11?,16-/m1/s1. The van der Waals surface area contributed by atoms with Crippen LogP contribution in [-0.4, -0.2) is 27.8 Å². The molecular weight excluding hydrogens is 272 g/mol. The Balaban J connectivity index is 1.78. The number of hydrogen-bond donors (Lipinski definition) is 2. The molecule has 2 aromatic heterocycles. The quantitative estimate of drug-likeness (QED) is 0.724. The molecule has 0 amide bonds. The van der Waals surface area contributed by atoms with Gasteiger partial charge in [-0.2, -0.15) is 5.10 Å². The summed E-state index contributed by atoms with van der Waals surface area (Å²) in [6.45, 7) is 1.14. The molecule has 3 heterocycles. The molecule has 0 spiro atoms. The number of aromatic nitrogens is 3. The summed E-state index contributed by atoms with van der Waals surface area (Å²) in [6, 6.07) is 11.2. The van der Waals surface area contributed by atoms with Crippen molar-refractivity contribution in [2.45, 2.75) is 31.2 Å². The van der Waals surface area contributed by atoms with E-state index < -0.39 is 0 Å². The molecule has 1 aromatic carbocycles. The van der Waals surface area contributed by atoms with Gasteiger partial charge in [-0.05, 0) is 55.1 Å². The molecule has 1 saturated heterocycles. The highest BCUT2D eigenvalue weighted by atomic mass is 15.1. The van der Waals surface area contributed by atoms with E-state index in [9.17, 15) is 0 Å². The SMILES string of the molecule is c1cnnc(-c2[nH]c3cccc4c3c2C[C@H]2NCCCC42)c1. The molecule has 1 aliphatic carbocycles. The van der Waals surface area contributed by atoms with Gasteiger partial charge in [0.15, 0.2) is 0 Å². The van der Waals surface area contributed by atoms with E-state index in [1.807, 2.05) is 12.1 Å². The molecule has 2 atom stereocenters. The fourth-order valence-electron chi connectivity index (χ4n) is 4.27. The maximum atomic E-state index is 4.31. The van der Waals surface area contributed by atoms with Gasteiger partial charge >= 0.3 is 0 Å². The number of fused-ring (bicyclic) bond motifs is 2. The smallest absolute Gasteiger partial charge is 0.109 e. The van der Waals surface area contributed by atoms with Crippen LogP contribution in [0.1, 0.15) is 29.9 Å². The van der Waals surface area contributed by atoms with Crippen molar-refractivity contribution in [3.05, 3.63) is 47.7 Å². The number of nitrogens with one attached hydrogen (secondary N) is 2. The lowest BCUT2D eigenvalue weighted by Crippen LogP contribution is -2.43. The maximum absolute atomic E-state index is 4.31. The predicted octanol–water partition coefficient (Wildman–Crippen LogP) is 3.02. The summed E-state index contributed by atoms with van der Waals surface area (Å²) in [4.78, 5) is 3.59. The topological polar surface area (TPSA) is 53.6 Å². The monoisotopic (exact) mass is 290 g/mol. The number of aromatic amines is 1. The largest absolute Gasteiger partial charge is 0.353 e. The van der Waals surface area contributed by atoms with Gasteiger partial charge in [0.1, 0.15) is 5.69 Å². The van der Waals surface area contributed by atoms with Crippen molar-refractivity contribution in [3.8, 4) is 11.4 Å². The molecule has 1 unspecified atom stereocenters. The molecule has 0 saturated carbocycles. The van der Waals surface area contributed by atoms with Crippen molar-refractivity contribution in [2.75, 3.05) is 6.54 Å². The summed E-state index contributed by atoms with van der Waals surface area (Å²) in [5.74, 6) is 0.649. The van der Waals surface area contributed by atoms with Crippen LogP contribution in [0.4, 0.5) is 0 Å². The summed E-state index contributed by atoms with van der Waals surface area (Å²) < 4.78 is 0. The summed E-state index contributed by atoms with van der Waals surface area (Å²) in [5.41, 5.74) is 6.22. The minimum atomic E-state index is 0.554. The molecule has 4 heteroatoms. The first-order valence-corrected chi connectivity index (χ1v) is 8.07. The van der Waals surface area contributed by atoms with Gasteiger partial charge in [-0.1, -0.05) is 12.1 Å². The normalized spacial score (nSPS) is 23.5. The minimum Gasteiger partial charge on any atom is -0.353 e. The van der Waals surface area contributed by atoms with Gasteiger partial charge < -0.3 is 10.3 Å². The first kappa shape index (κ1) is 12.4. The summed E-state index contributed by atoms with van der Waals surface area (Å²) in [6.07, 6.45) is 5.37. The average molecular weight is 290 g/mol. The van der Waals surface area contributed by atoms with Crippen LogP contribution < -0.4 is 5.32 Å². The molecule has 0 radical (unpaired) electrons. The Morgan fingerprint density at radius 2 is 2.14 bits per heavy atom. The second-order valence-corrected chi connectivity index (χ2v) is 6.37. The Morgan fingerprint density at radius 1 is 1.14 bits per heavy atom. The van der Waals surface area contributed by atoms with Gasteiger partial charge in [0.05, 0.1) is 5.69 Å². The predicted molar refractivity (Wildman–Crippen MR) is 86.8 cm³/mol. The minimum absolute atomic E-state index is 0.554. The zero-order chi connectivity index (χ0) is 14.5. The number of piperidine rings is 1.